The van der Waals surface area contributed by atoms with Gasteiger partial charge in [0.1, 0.15) is 0 Å². The van der Waals surface area contributed by atoms with Gasteiger partial charge in [0.15, 0.2) is 0 Å². The van der Waals surface area contributed by atoms with E-state index in [1.165, 1.54) is 180 Å². The minimum absolute atomic E-state index is 0.325. The van der Waals surface area contributed by atoms with E-state index in [0.717, 1.165) is 103 Å². The van der Waals surface area contributed by atoms with Crippen molar-refractivity contribution >= 4 is 0 Å². The van der Waals surface area contributed by atoms with Crippen molar-refractivity contribution in [2.24, 2.45) is 0 Å². The van der Waals surface area contributed by atoms with Crippen LogP contribution in [0.2, 0.25) is 0 Å². The zero-order valence-corrected chi connectivity index (χ0v) is 43.3. The third-order valence-electron chi connectivity index (χ3n) is 13.5. The lowest BCUT2D eigenvalue weighted by atomic mass is 10.0. The number of hydrogen-bond donors (Lipinski definition) is 4. The first kappa shape index (κ1) is 62.7. The summed E-state index contributed by atoms with van der Waals surface area (Å²) in [7, 11) is 0. The molecule has 0 spiro atoms. The highest BCUT2D eigenvalue weighted by atomic mass is 16.5. The SMILES string of the molecule is CCCCCCCCCCC(O)CN(CCCCOCCCCN(CC(O)CCCCCCCCCC)CC(O)CCCCCCCCCC)CC(O)CCCCCCCCCC. The molecule has 7 nitrogen and oxygen atoms in total. The maximum atomic E-state index is 11.0. The summed E-state index contributed by atoms with van der Waals surface area (Å²) in [6.07, 6.45) is 47.1. The van der Waals surface area contributed by atoms with Crippen molar-refractivity contribution in [3.05, 3.63) is 0 Å². The number of nitrogens with zero attached hydrogens (tertiary/aromatic N) is 2. The Morgan fingerprint density at radius 3 is 0.698 bits per heavy atom. The van der Waals surface area contributed by atoms with E-state index < -0.39 is 0 Å². The van der Waals surface area contributed by atoms with Crippen LogP contribution in [0.4, 0.5) is 0 Å². The van der Waals surface area contributed by atoms with E-state index in [0.29, 0.717) is 26.2 Å². The van der Waals surface area contributed by atoms with Gasteiger partial charge in [-0.05, 0) is 64.5 Å². The summed E-state index contributed by atoms with van der Waals surface area (Å²) >= 11 is 0. The molecule has 4 unspecified atom stereocenters. The largest absolute Gasteiger partial charge is 0.392 e. The van der Waals surface area contributed by atoms with E-state index in [1.807, 2.05) is 0 Å². The summed E-state index contributed by atoms with van der Waals surface area (Å²) in [5.74, 6) is 0. The van der Waals surface area contributed by atoms with Gasteiger partial charge in [0.05, 0.1) is 24.4 Å². The highest BCUT2D eigenvalue weighted by molar-refractivity contribution is 4.72. The maximum absolute atomic E-state index is 11.0. The molecule has 380 valence electrons. The fourth-order valence-corrected chi connectivity index (χ4v) is 9.31. The van der Waals surface area contributed by atoms with Crippen LogP contribution >= 0.6 is 0 Å². The van der Waals surface area contributed by atoms with Crippen molar-refractivity contribution in [3.63, 3.8) is 0 Å². The van der Waals surface area contributed by atoms with Crippen LogP contribution in [-0.4, -0.2) is 107 Å². The Morgan fingerprint density at radius 2 is 0.476 bits per heavy atom. The van der Waals surface area contributed by atoms with E-state index >= 15 is 0 Å². The van der Waals surface area contributed by atoms with Gasteiger partial charge in [0.25, 0.3) is 0 Å². The zero-order valence-electron chi connectivity index (χ0n) is 43.3. The fourth-order valence-electron chi connectivity index (χ4n) is 9.31. The van der Waals surface area contributed by atoms with Gasteiger partial charge in [-0.15, -0.1) is 0 Å². The molecular weight excluding hydrogens is 781 g/mol. The van der Waals surface area contributed by atoms with Crippen LogP contribution in [0, 0.1) is 0 Å². The first-order valence-electron chi connectivity index (χ1n) is 28.6. The molecular formula is C56H116N2O5. The van der Waals surface area contributed by atoms with Crippen LogP contribution in [0.1, 0.15) is 285 Å². The molecule has 4 N–H and O–H groups in total. The third-order valence-corrected chi connectivity index (χ3v) is 13.5. The maximum Gasteiger partial charge on any atom is 0.0667 e. The lowest BCUT2D eigenvalue weighted by molar-refractivity contribution is 0.0554. The summed E-state index contributed by atoms with van der Waals surface area (Å²) in [6.45, 7) is 15.0. The first-order valence-corrected chi connectivity index (χ1v) is 28.6. The average Bonchev–Trinajstić information content (AvgIpc) is 3.26. The Morgan fingerprint density at radius 1 is 0.270 bits per heavy atom. The Labute approximate surface area is 395 Å². The van der Waals surface area contributed by atoms with E-state index in [2.05, 4.69) is 37.5 Å². The van der Waals surface area contributed by atoms with Gasteiger partial charge in [-0.3, -0.25) is 9.80 Å². The molecule has 0 aliphatic heterocycles. The van der Waals surface area contributed by atoms with E-state index in [9.17, 15) is 20.4 Å². The molecule has 0 radical (unpaired) electrons. The van der Waals surface area contributed by atoms with Crippen molar-refractivity contribution in [1.82, 2.24) is 9.80 Å². The molecule has 0 aliphatic carbocycles. The molecule has 0 saturated carbocycles. The quantitative estimate of drug-likeness (QED) is 0.0452. The molecule has 4 atom stereocenters. The normalized spacial score (nSPS) is 14.0. The predicted molar refractivity (Wildman–Crippen MR) is 275 cm³/mol. The Balaban J connectivity index is 4.72. The van der Waals surface area contributed by atoms with Crippen LogP contribution in [0.5, 0.6) is 0 Å². The summed E-state index contributed by atoms with van der Waals surface area (Å²) < 4.78 is 6.11. The Hall–Kier alpha value is -0.280. The van der Waals surface area contributed by atoms with E-state index in [4.69, 9.17) is 4.74 Å². The van der Waals surface area contributed by atoms with Crippen molar-refractivity contribution < 1.29 is 25.2 Å². The van der Waals surface area contributed by atoms with Gasteiger partial charge >= 0.3 is 0 Å². The topological polar surface area (TPSA) is 96.6 Å². The van der Waals surface area contributed by atoms with Crippen LogP contribution < -0.4 is 0 Å². The van der Waals surface area contributed by atoms with Crippen LogP contribution in [-0.2, 0) is 4.74 Å². The number of rotatable bonds is 54. The molecule has 0 aromatic carbocycles. The summed E-state index contributed by atoms with van der Waals surface area (Å²) in [5.41, 5.74) is 0. The van der Waals surface area contributed by atoms with Gasteiger partial charge in [-0.25, -0.2) is 0 Å². The molecule has 0 bridgehead atoms. The lowest BCUT2D eigenvalue weighted by Gasteiger charge is -2.27. The summed E-state index contributed by atoms with van der Waals surface area (Å²) in [6, 6.07) is 0. The van der Waals surface area contributed by atoms with Crippen LogP contribution in [0.3, 0.4) is 0 Å². The molecule has 0 rings (SSSR count). The minimum atomic E-state index is -0.325. The molecule has 7 heteroatoms. The van der Waals surface area contributed by atoms with Gasteiger partial charge in [0.2, 0.25) is 0 Å². The Bertz CT molecular complexity index is 729. The Kier molecular flexibility index (Phi) is 50.9. The second-order valence-electron chi connectivity index (χ2n) is 20.2. The van der Waals surface area contributed by atoms with Gasteiger partial charge in [0, 0.05) is 39.4 Å². The molecule has 0 aliphatic rings. The fraction of sp³-hybridized carbons (Fsp3) is 1.00. The van der Waals surface area contributed by atoms with Crippen molar-refractivity contribution in [2.75, 3.05) is 52.5 Å². The van der Waals surface area contributed by atoms with Gasteiger partial charge in [-0.2, -0.15) is 0 Å². The van der Waals surface area contributed by atoms with Crippen LogP contribution in [0.15, 0.2) is 0 Å². The molecule has 63 heavy (non-hydrogen) atoms. The lowest BCUT2D eigenvalue weighted by Crippen LogP contribution is -2.39. The number of ether oxygens (including phenoxy) is 1. The predicted octanol–water partition coefficient (Wildman–Crippen LogP) is 14.7. The van der Waals surface area contributed by atoms with Gasteiger partial charge < -0.3 is 25.2 Å². The number of hydrogen-bond acceptors (Lipinski definition) is 7. The molecule has 0 aromatic rings. The molecule has 0 heterocycles. The van der Waals surface area contributed by atoms with Gasteiger partial charge in [-0.1, -0.05) is 233 Å². The monoisotopic (exact) mass is 897 g/mol. The highest BCUT2D eigenvalue weighted by Crippen LogP contribution is 2.17. The second kappa shape index (κ2) is 51.1. The number of unbranched alkanes of at least 4 members (excludes halogenated alkanes) is 30. The zero-order chi connectivity index (χ0) is 46.1. The minimum Gasteiger partial charge on any atom is -0.392 e. The van der Waals surface area contributed by atoms with Crippen molar-refractivity contribution in [1.29, 1.82) is 0 Å². The third kappa shape index (κ3) is 48.0. The smallest absolute Gasteiger partial charge is 0.0667 e. The molecule has 0 amide bonds. The standard InChI is InChI=1S/C56H116N2O5/c1-5-9-13-17-21-25-29-33-41-53(59)49-57(50-54(60)42-34-30-26-22-18-14-10-6-2)45-37-39-47-63-48-40-38-46-58(51-55(61)43-35-31-27-23-19-15-11-7-3)52-56(62)44-36-32-28-24-20-16-12-8-4/h53-56,59-62H,5-52H2,1-4H3. The van der Waals surface area contributed by atoms with E-state index in [-0.39, 0.29) is 24.4 Å². The number of aliphatic hydroxyl groups excluding tert-OH is 4. The van der Waals surface area contributed by atoms with Crippen molar-refractivity contribution in [2.45, 2.75) is 309 Å². The molecule has 0 aromatic heterocycles. The summed E-state index contributed by atoms with van der Waals surface area (Å²) in [5, 5.41) is 44.0. The second-order valence-corrected chi connectivity index (χ2v) is 20.2. The van der Waals surface area contributed by atoms with Crippen LogP contribution in [0.25, 0.3) is 0 Å². The van der Waals surface area contributed by atoms with E-state index in [1.54, 1.807) is 0 Å². The number of aliphatic hydroxyl groups is 4. The van der Waals surface area contributed by atoms with Crippen molar-refractivity contribution in [3.8, 4) is 0 Å². The average molecular weight is 898 g/mol. The molecule has 0 fully saturated rings. The summed E-state index contributed by atoms with van der Waals surface area (Å²) in [4.78, 5) is 4.65. The highest BCUT2D eigenvalue weighted by Gasteiger charge is 2.17. The first-order chi connectivity index (χ1) is 30.9. The molecule has 0 saturated heterocycles.